The smallest absolute Gasteiger partial charge is 0.271 e. The molecule has 1 amide bonds. The van der Waals surface area contributed by atoms with Crippen LogP contribution in [0.15, 0.2) is 0 Å². The SMILES string of the molecule is NC(=O)COc1nsnc1N1CCOCC1. The van der Waals surface area contributed by atoms with Gasteiger partial charge < -0.3 is 20.1 Å². The second-order valence-electron chi connectivity index (χ2n) is 3.25. The van der Waals surface area contributed by atoms with E-state index in [-0.39, 0.29) is 6.61 Å². The van der Waals surface area contributed by atoms with Crippen molar-refractivity contribution in [2.24, 2.45) is 5.73 Å². The predicted octanol–water partition coefficient (Wildman–Crippen LogP) is -0.761. The zero-order valence-electron chi connectivity index (χ0n) is 8.59. The Balaban J connectivity index is 2.02. The Morgan fingerprint density at radius 2 is 2.25 bits per heavy atom. The third kappa shape index (κ3) is 2.58. The van der Waals surface area contributed by atoms with Crippen molar-refractivity contribution in [2.75, 3.05) is 37.8 Å². The lowest BCUT2D eigenvalue weighted by Gasteiger charge is -2.26. The molecule has 0 unspecified atom stereocenters. The van der Waals surface area contributed by atoms with Crippen LogP contribution in [0, 0.1) is 0 Å². The van der Waals surface area contributed by atoms with Crippen LogP contribution in [0.2, 0.25) is 0 Å². The highest BCUT2D eigenvalue weighted by atomic mass is 32.1. The molecule has 1 aromatic rings. The number of ether oxygens (including phenoxy) is 2. The van der Waals surface area contributed by atoms with E-state index in [1.807, 2.05) is 4.90 Å². The summed E-state index contributed by atoms with van der Waals surface area (Å²) in [6, 6.07) is 0. The molecule has 1 fully saturated rings. The Kier molecular flexibility index (Phi) is 3.52. The Hall–Kier alpha value is -1.41. The lowest BCUT2D eigenvalue weighted by atomic mass is 10.4. The molecule has 16 heavy (non-hydrogen) atoms. The molecule has 2 N–H and O–H groups in total. The van der Waals surface area contributed by atoms with Gasteiger partial charge in [-0.2, -0.15) is 4.37 Å². The number of primary amides is 1. The molecule has 0 bridgehead atoms. The summed E-state index contributed by atoms with van der Waals surface area (Å²) in [4.78, 5) is 12.6. The van der Waals surface area contributed by atoms with Gasteiger partial charge in [0.2, 0.25) is 5.82 Å². The first-order chi connectivity index (χ1) is 7.77. The third-order valence-electron chi connectivity index (χ3n) is 2.10. The van der Waals surface area contributed by atoms with Crippen molar-refractivity contribution in [3.05, 3.63) is 0 Å². The van der Waals surface area contributed by atoms with Crippen LogP contribution in [0.1, 0.15) is 0 Å². The number of nitrogens with zero attached hydrogens (tertiary/aromatic N) is 3. The number of hydrogen-bond donors (Lipinski definition) is 1. The molecule has 0 saturated carbocycles. The van der Waals surface area contributed by atoms with Crippen LogP contribution in [0.4, 0.5) is 5.82 Å². The fourth-order valence-corrected chi connectivity index (χ4v) is 1.89. The molecule has 0 aromatic carbocycles. The highest BCUT2D eigenvalue weighted by Crippen LogP contribution is 2.25. The van der Waals surface area contributed by atoms with Gasteiger partial charge in [-0.25, -0.2) is 0 Å². The fourth-order valence-electron chi connectivity index (χ4n) is 1.37. The maximum atomic E-state index is 10.6. The topological polar surface area (TPSA) is 90.6 Å². The number of hydrogen-bond acceptors (Lipinski definition) is 7. The molecule has 0 radical (unpaired) electrons. The molecule has 8 heteroatoms. The van der Waals surface area contributed by atoms with E-state index in [9.17, 15) is 4.79 Å². The van der Waals surface area contributed by atoms with E-state index in [0.29, 0.717) is 24.9 Å². The number of amides is 1. The van der Waals surface area contributed by atoms with Gasteiger partial charge in [0.1, 0.15) is 0 Å². The van der Waals surface area contributed by atoms with Gasteiger partial charge in [0.05, 0.1) is 24.9 Å². The molecule has 2 heterocycles. The van der Waals surface area contributed by atoms with Crippen molar-refractivity contribution >= 4 is 23.5 Å². The molecule has 0 aliphatic carbocycles. The normalized spacial score (nSPS) is 16.1. The maximum absolute atomic E-state index is 10.6. The minimum Gasteiger partial charge on any atom is -0.464 e. The van der Waals surface area contributed by atoms with E-state index < -0.39 is 5.91 Å². The average molecular weight is 244 g/mol. The second kappa shape index (κ2) is 5.08. The van der Waals surface area contributed by atoms with Crippen LogP contribution < -0.4 is 15.4 Å². The summed E-state index contributed by atoms with van der Waals surface area (Å²) in [5, 5.41) is 0. The van der Waals surface area contributed by atoms with Crippen molar-refractivity contribution in [3.63, 3.8) is 0 Å². The van der Waals surface area contributed by atoms with Crippen LogP contribution in [-0.2, 0) is 9.53 Å². The molecule has 0 spiro atoms. The molecular weight excluding hydrogens is 232 g/mol. The number of rotatable bonds is 4. The zero-order chi connectivity index (χ0) is 11.4. The highest BCUT2D eigenvalue weighted by Gasteiger charge is 2.19. The summed E-state index contributed by atoms with van der Waals surface area (Å²) in [6.45, 7) is 2.64. The Morgan fingerprint density at radius 3 is 2.94 bits per heavy atom. The largest absolute Gasteiger partial charge is 0.464 e. The van der Waals surface area contributed by atoms with Gasteiger partial charge in [0.15, 0.2) is 6.61 Å². The lowest BCUT2D eigenvalue weighted by molar-refractivity contribution is -0.120. The molecule has 7 nitrogen and oxygen atoms in total. The summed E-state index contributed by atoms with van der Waals surface area (Å²) in [6.07, 6.45) is 0. The predicted molar refractivity (Wildman–Crippen MR) is 57.6 cm³/mol. The molecule has 1 aromatic heterocycles. The molecule has 0 atom stereocenters. The molecule has 1 aliphatic rings. The fraction of sp³-hybridized carbons (Fsp3) is 0.625. The number of anilines is 1. The van der Waals surface area contributed by atoms with E-state index in [0.717, 1.165) is 24.8 Å². The number of morpholine rings is 1. The zero-order valence-corrected chi connectivity index (χ0v) is 9.40. The van der Waals surface area contributed by atoms with Crippen molar-refractivity contribution in [1.29, 1.82) is 0 Å². The first kappa shape index (κ1) is 11.1. The monoisotopic (exact) mass is 244 g/mol. The molecule has 1 aliphatic heterocycles. The highest BCUT2D eigenvalue weighted by molar-refractivity contribution is 6.99. The summed E-state index contributed by atoms with van der Waals surface area (Å²) in [7, 11) is 0. The molecule has 1 saturated heterocycles. The minimum absolute atomic E-state index is 0.178. The van der Waals surface area contributed by atoms with Crippen molar-refractivity contribution in [3.8, 4) is 5.88 Å². The summed E-state index contributed by atoms with van der Waals surface area (Å²) in [5.41, 5.74) is 5.00. The van der Waals surface area contributed by atoms with Crippen LogP contribution in [-0.4, -0.2) is 47.6 Å². The Labute approximate surface area is 96.5 Å². The van der Waals surface area contributed by atoms with Gasteiger partial charge in [-0.15, -0.1) is 4.37 Å². The molecular formula is C8H12N4O3S. The number of aromatic nitrogens is 2. The molecule has 2 rings (SSSR count). The summed E-state index contributed by atoms with van der Waals surface area (Å²) < 4.78 is 18.5. The van der Waals surface area contributed by atoms with E-state index >= 15 is 0 Å². The number of carbonyl (C=O) groups excluding carboxylic acids is 1. The van der Waals surface area contributed by atoms with Gasteiger partial charge in [0.25, 0.3) is 11.8 Å². The quantitative estimate of drug-likeness (QED) is 0.748. The number of nitrogens with two attached hydrogens (primary N) is 1. The van der Waals surface area contributed by atoms with Gasteiger partial charge in [-0.3, -0.25) is 4.79 Å². The third-order valence-corrected chi connectivity index (χ3v) is 2.61. The second-order valence-corrected chi connectivity index (χ2v) is 3.78. The van der Waals surface area contributed by atoms with Gasteiger partial charge in [-0.05, 0) is 0 Å². The van der Waals surface area contributed by atoms with Crippen molar-refractivity contribution in [2.45, 2.75) is 0 Å². The van der Waals surface area contributed by atoms with Crippen molar-refractivity contribution < 1.29 is 14.3 Å². The maximum Gasteiger partial charge on any atom is 0.271 e. The van der Waals surface area contributed by atoms with Crippen LogP contribution in [0.3, 0.4) is 0 Å². The lowest BCUT2D eigenvalue weighted by Crippen LogP contribution is -2.36. The Morgan fingerprint density at radius 1 is 1.50 bits per heavy atom. The minimum atomic E-state index is -0.527. The number of carbonyl (C=O) groups is 1. The van der Waals surface area contributed by atoms with Gasteiger partial charge in [0, 0.05) is 13.1 Å². The summed E-state index contributed by atoms with van der Waals surface area (Å²) >= 11 is 1.05. The van der Waals surface area contributed by atoms with Gasteiger partial charge >= 0.3 is 0 Å². The summed E-state index contributed by atoms with van der Waals surface area (Å²) in [5.74, 6) is 0.501. The van der Waals surface area contributed by atoms with E-state index in [1.54, 1.807) is 0 Å². The first-order valence-corrected chi connectivity index (χ1v) is 5.57. The van der Waals surface area contributed by atoms with E-state index in [2.05, 4.69) is 8.75 Å². The Bertz CT molecular complexity index is 364. The van der Waals surface area contributed by atoms with Crippen LogP contribution >= 0.6 is 11.7 Å². The molecule has 88 valence electrons. The van der Waals surface area contributed by atoms with E-state index in [4.69, 9.17) is 15.2 Å². The average Bonchev–Trinajstić information content (AvgIpc) is 2.75. The first-order valence-electron chi connectivity index (χ1n) is 4.83. The van der Waals surface area contributed by atoms with Crippen LogP contribution in [0.25, 0.3) is 0 Å². The van der Waals surface area contributed by atoms with Gasteiger partial charge in [-0.1, -0.05) is 0 Å². The van der Waals surface area contributed by atoms with Crippen LogP contribution in [0.5, 0.6) is 5.88 Å². The standard InChI is InChI=1S/C8H12N4O3S/c9-6(13)5-15-8-7(10-16-11-8)12-1-3-14-4-2-12/h1-5H2,(H2,9,13). The van der Waals surface area contributed by atoms with E-state index in [1.165, 1.54) is 0 Å². The van der Waals surface area contributed by atoms with Crippen molar-refractivity contribution in [1.82, 2.24) is 8.75 Å².